The van der Waals surface area contributed by atoms with Crippen molar-refractivity contribution < 1.29 is 14.4 Å². The summed E-state index contributed by atoms with van der Waals surface area (Å²) < 4.78 is 0. The number of amides is 2. The molecule has 1 spiro atoms. The summed E-state index contributed by atoms with van der Waals surface area (Å²) in [6.45, 7) is 0. The van der Waals surface area contributed by atoms with Crippen LogP contribution >= 0.6 is 0 Å². The third-order valence-electron chi connectivity index (χ3n) is 3.88. The lowest BCUT2D eigenvalue weighted by molar-refractivity contribution is -0.138. The number of Topliss-reactive ketones (excluding diaryl/α,β-unsaturated/α-hetero) is 1. The maximum absolute atomic E-state index is 12.2. The standard InChI is InChI=1S/C13H12N2O3/c16-10-1-4-13(5-2-11(17)15-12(13)18)9-3-6-14-7-8(9)10/h3,6-7H,1-2,4-5H2,(H,15,17,18). The third kappa shape index (κ3) is 1.40. The van der Waals surface area contributed by atoms with Crippen LogP contribution in [0, 0.1) is 0 Å². The smallest absolute Gasteiger partial charge is 0.237 e. The topological polar surface area (TPSA) is 76.1 Å². The predicted molar refractivity (Wildman–Crippen MR) is 61.9 cm³/mol. The molecule has 1 saturated heterocycles. The van der Waals surface area contributed by atoms with E-state index in [9.17, 15) is 14.4 Å². The van der Waals surface area contributed by atoms with Crippen molar-refractivity contribution in [3.8, 4) is 0 Å². The van der Waals surface area contributed by atoms with Crippen LogP contribution in [-0.2, 0) is 15.0 Å². The first-order valence-electron chi connectivity index (χ1n) is 5.95. The number of hydrogen-bond acceptors (Lipinski definition) is 4. The summed E-state index contributed by atoms with van der Waals surface area (Å²) in [7, 11) is 0. The summed E-state index contributed by atoms with van der Waals surface area (Å²) in [5.41, 5.74) is 0.520. The Hall–Kier alpha value is -2.04. The lowest BCUT2D eigenvalue weighted by Crippen LogP contribution is -2.53. The molecule has 0 aromatic carbocycles. The zero-order valence-electron chi connectivity index (χ0n) is 9.73. The fraction of sp³-hybridized carbons (Fsp3) is 0.385. The number of carbonyl (C=O) groups excluding carboxylic acids is 3. The number of nitrogens with one attached hydrogen (secondary N) is 1. The van der Waals surface area contributed by atoms with Gasteiger partial charge in [0.05, 0.1) is 5.41 Å². The van der Waals surface area contributed by atoms with E-state index in [-0.39, 0.29) is 17.6 Å². The quantitative estimate of drug-likeness (QED) is 0.683. The number of imide groups is 1. The molecule has 2 heterocycles. The number of fused-ring (bicyclic) bond motifs is 2. The van der Waals surface area contributed by atoms with Gasteiger partial charge in [-0.3, -0.25) is 24.7 Å². The summed E-state index contributed by atoms with van der Waals surface area (Å²) in [5, 5.41) is 2.39. The molecule has 1 aliphatic heterocycles. The number of aromatic nitrogens is 1. The van der Waals surface area contributed by atoms with Gasteiger partial charge in [-0.05, 0) is 24.5 Å². The van der Waals surface area contributed by atoms with Crippen LogP contribution in [0.15, 0.2) is 18.5 Å². The van der Waals surface area contributed by atoms with Gasteiger partial charge in [0.2, 0.25) is 11.8 Å². The van der Waals surface area contributed by atoms with Gasteiger partial charge in [0.1, 0.15) is 0 Å². The average molecular weight is 244 g/mol. The van der Waals surface area contributed by atoms with Crippen LogP contribution in [0.1, 0.15) is 41.6 Å². The highest BCUT2D eigenvalue weighted by Crippen LogP contribution is 2.42. The van der Waals surface area contributed by atoms with E-state index >= 15 is 0 Å². The van der Waals surface area contributed by atoms with E-state index in [1.807, 2.05) is 0 Å². The maximum Gasteiger partial charge on any atom is 0.237 e. The molecule has 1 N–H and O–H groups in total. The van der Waals surface area contributed by atoms with Gasteiger partial charge in [-0.15, -0.1) is 0 Å². The number of ketones is 1. The Morgan fingerprint density at radius 2 is 1.94 bits per heavy atom. The Labute approximate surface area is 104 Å². The van der Waals surface area contributed by atoms with E-state index in [1.165, 1.54) is 6.20 Å². The summed E-state index contributed by atoms with van der Waals surface area (Å²) in [4.78, 5) is 39.2. The van der Waals surface area contributed by atoms with Gasteiger partial charge in [0, 0.05) is 30.8 Å². The number of piperidine rings is 1. The van der Waals surface area contributed by atoms with Gasteiger partial charge in [-0.1, -0.05) is 0 Å². The van der Waals surface area contributed by atoms with Crippen molar-refractivity contribution >= 4 is 17.6 Å². The van der Waals surface area contributed by atoms with E-state index in [2.05, 4.69) is 10.3 Å². The van der Waals surface area contributed by atoms with Crippen molar-refractivity contribution in [3.63, 3.8) is 0 Å². The van der Waals surface area contributed by atoms with Crippen LogP contribution in [0.25, 0.3) is 0 Å². The lowest BCUT2D eigenvalue weighted by atomic mass is 9.65. The Kier molecular flexibility index (Phi) is 2.29. The molecule has 1 atom stereocenters. The minimum absolute atomic E-state index is 0.0217. The fourth-order valence-electron chi connectivity index (χ4n) is 2.87. The molecule has 2 aliphatic rings. The van der Waals surface area contributed by atoms with Crippen molar-refractivity contribution in [2.24, 2.45) is 0 Å². The monoisotopic (exact) mass is 244 g/mol. The molecule has 18 heavy (non-hydrogen) atoms. The van der Waals surface area contributed by atoms with Crippen LogP contribution in [0.4, 0.5) is 0 Å². The minimum Gasteiger partial charge on any atom is -0.296 e. The molecule has 92 valence electrons. The molecule has 0 bridgehead atoms. The Balaban J connectivity index is 2.14. The summed E-state index contributed by atoms with van der Waals surface area (Å²) in [6.07, 6.45) is 4.71. The highest BCUT2D eigenvalue weighted by Gasteiger charge is 2.48. The molecule has 5 nitrogen and oxygen atoms in total. The number of rotatable bonds is 0. The first-order valence-corrected chi connectivity index (χ1v) is 5.95. The molecule has 2 amide bonds. The number of hydrogen-bond donors (Lipinski definition) is 1. The molecular weight excluding hydrogens is 232 g/mol. The number of pyridine rings is 1. The molecular formula is C13H12N2O3. The first kappa shape index (κ1) is 11.1. The average Bonchev–Trinajstić information content (AvgIpc) is 2.38. The van der Waals surface area contributed by atoms with E-state index in [0.717, 1.165) is 5.56 Å². The van der Waals surface area contributed by atoms with Crippen molar-refractivity contribution in [1.82, 2.24) is 10.3 Å². The van der Waals surface area contributed by atoms with Crippen LogP contribution in [0.3, 0.4) is 0 Å². The minimum atomic E-state index is -0.722. The van der Waals surface area contributed by atoms with E-state index in [0.29, 0.717) is 31.2 Å². The SMILES string of the molecule is O=C1CCC2(CCC(=O)c3cnccc32)C(=O)N1. The molecule has 1 fully saturated rings. The van der Waals surface area contributed by atoms with Gasteiger partial charge >= 0.3 is 0 Å². The molecule has 3 rings (SSSR count). The predicted octanol–water partition coefficient (Wildman–Crippen LogP) is 0.732. The lowest BCUT2D eigenvalue weighted by Gasteiger charge is -2.39. The van der Waals surface area contributed by atoms with E-state index < -0.39 is 5.41 Å². The van der Waals surface area contributed by atoms with Crippen molar-refractivity contribution in [2.75, 3.05) is 0 Å². The molecule has 5 heteroatoms. The normalized spacial score (nSPS) is 27.0. The second-order valence-electron chi connectivity index (χ2n) is 4.80. The first-order chi connectivity index (χ1) is 8.63. The second kappa shape index (κ2) is 3.73. The van der Waals surface area contributed by atoms with E-state index in [4.69, 9.17) is 0 Å². The molecule has 1 aromatic rings. The highest BCUT2D eigenvalue weighted by atomic mass is 16.2. The zero-order valence-corrected chi connectivity index (χ0v) is 9.73. The van der Waals surface area contributed by atoms with Crippen molar-refractivity contribution in [1.29, 1.82) is 0 Å². The van der Waals surface area contributed by atoms with Gasteiger partial charge in [0.25, 0.3) is 0 Å². The largest absolute Gasteiger partial charge is 0.296 e. The number of carbonyl (C=O) groups is 3. The summed E-state index contributed by atoms with van der Waals surface area (Å²) in [5.74, 6) is -0.495. The van der Waals surface area contributed by atoms with Crippen molar-refractivity contribution in [3.05, 3.63) is 29.6 Å². The Morgan fingerprint density at radius 3 is 2.72 bits per heavy atom. The summed E-state index contributed by atoms with van der Waals surface area (Å²) in [6, 6.07) is 1.72. The summed E-state index contributed by atoms with van der Waals surface area (Å²) >= 11 is 0. The van der Waals surface area contributed by atoms with Crippen LogP contribution in [-0.4, -0.2) is 22.6 Å². The molecule has 0 radical (unpaired) electrons. The van der Waals surface area contributed by atoms with Gasteiger partial charge in [0.15, 0.2) is 5.78 Å². The van der Waals surface area contributed by atoms with Crippen LogP contribution in [0.2, 0.25) is 0 Å². The fourth-order valence-corrected chi connectivity index (χ4v) is 2.87. The van der Waals surface area contributed by atoms with Gasteiger partial charge in [-0.2, -0.15) is 0 Å². The molecule has 0 saturated carbocycles. The maximum atomic E-state index is 12.2. The van der Waals surface area contributed by atoms with Gasteiger partial charge < -0.3 is 0 Å². The molecule has 1 aromatic heterocycles. The second-order valence-corrected chi connectivity index (χ2v) is 4.80. The zero-order chi connectivity index (χ0) is 12.8. The third-order valence-corrected chi connectivity index (χ3v) is 3.88. The Morgan fingerprint density at radius 1 is 1.17 bits per heavy atom. The number of nitrogens with zero attached hydrogens (tertiary/aromatic N) is 1. The van der Waals surface area contributed by atoms with Crippen LogP contribution < -0.4 is 5.32 Å². The molecule has 1 aliphatic carbocycles. The van der Waals surface area contributed by atoms with Crippen LogP contribution in [0.5, 0.6) is 0 Å². The molecule has 1 unspecified atom stereocenters. The van der Waals surface area contributed by atoms with Crippen molar-refractivity contribution in [2.45, 2.75) is 31.1 Å². The Bertz CT molecular complexity index is 567. The van der Waals surface area contributed by atoms with Gasteiger partial charge in [-0.25, -0.2) is 0 Å². The highest BCUT2D eigenvalue weighted by molar-refractivity contribution is 6.08. The van der Waals surface area contributed by atoms with E-state index in [1.54, 1.807) is 12.3 Å².